The molecule has 0 unspecified atom stereocenters. The Balaban J connectivity index is 1.96. The molecule has 22 heavy (non-hydrogen) atoms. The Morgan fingerprint density at radius 1 is 1.23 bits per heavy atom. The Morgan fingerprint density at radius 3 is 2.59 bits per heavy atom. The molecule has 1 saturated carbocycles. The molecule has 2 nitrogen and oxygen atoms in total. The lowest BCUT2D eigenvalue weighted by atomic mass is 9.47. The van der Waals surface area contributed by atoms with Gasteiger partial charge in [-0.1, -0.05) is 50.5 Å². The Kier molecular flexibility index (Phi) is 3.78. The van der Waals surface area contributed by atoms with Crippen molar-refractivity contribution in [2.24, 2.45) is 28.6 Å². The van der Waals surface area contributed by atoms with Crippen LogP contribution in [-0.4, -0.2) is 11.1 Å². The summed E-state index contributed by atoms with van der Waals surface area (Å²) in [5.74, 6) is 0.888. The molecule has 0 aromatic carbocycles. The summed E-state index contributed by atoms with van der Waals surface area (Å²) >= 11 is 0. The van der Waals surface area contributed by atoms with Crippen LogP contribution in [0.1, 0.15) is 66.2 Å². The molecule has 0 bridgehead atoms. The molecule has 0 spiro atoms. The standard InChI is InChI=1S/C20H30O2/c1-13(2)14-6-8-16-15(12-14)7-9-17-19(16,3)10-5-11-20(17,4)18(21)22/h6-7,13,16-17H,5,8-12H2,1-4H3,(H,21,22)/t16-,17+,19+,20-/m1/s1. The Bertz CT molecular complexity index is 542. The van der Waals surface area contributed by atoms with Gasteiger partial charge in [0.2, 0.25) is 0 Å². The molecule has 0 aromatic heterocycles. The van der Waals surface area contributed by atoms with E-state index in [1.807, 2.05) is 6.92 Å². The van der Waals surface area contributed by atoms with E-state index in [1.54, 1.807) is 11.1 Å². The van der Waals surface area contributed by atoms with Gasteiger partial charge in [0.15, 0.2) is 0 Å². The average Bonchev–Trinajstić information content (AvgIpc) is 2.46. The third-order valence-electron chi connectivity index (χ3n) is 7.09. The molecule has 122 valence electrons. The topological polar surface area (TPSA) is 37.3 Å². The van der Waals surface area contributed by atoms with Crippen LogP contribution in [0.4, 0.5) is 0 Å². The van der Waals surface area contributed by atoms with Gasteiger partial charge in [-0.2, -0.15) is 0 Å². The SMILES string of the molecule is CC(C)C1=CC[C@@H]2C(=CC[C@H]3[C@@]2(C)CCC[C@@]3(C)C(=O)O)C1. The second kappa shape index (κ2) is 5.25. The Hall–Kier alpha value is -1.05. The van der Waals surface area contributed by atoms with E-state index in [-0.39, 0.29) is 11.3 Å². The third kappa shape index (κ3) is 2.18. The maximum absolute atomic E-state index is 11.9. The van der Waals surface area contributed by atoms with Crippen molar-refractivity contribution in [2.75, 3.05) is 0 Å². The number of hydrogen-bond donors (Lipinski definition) is 1. The Morgan fingerprint density at radius 2 is 1.95 bits per heavy atom. The van der Waals surface area contributed by atoms with Crippen molar-refractivity contribution in [2.45, 2.75) is 66.2 Å². The van der Waals surface area contributed by atoms with Crippen LogP contribution in [0.15, 0.2) is 23.3 Å². The van der Waals surface area contributed by atoms with Gasteiger partial charge in [-0.15, -0.1) is 0 Å². The number of carbonyl (C=O) groups is 1. The fourth-order valence-electron chi connectivity index (χ4n) is 5.58. The molecule has 3 rings (SSSR count). The average molecular weight is 302 g/mol. The maximum atomic E-state index is 11.9. The molecule has 2 heteroatoms. The molecule has 0 saturated heterocycles. The van der Waals surface area contributed by atoms with Crippen molar-refractivity contribution in [3.05, 3.63) is 23.3 Å². The minimum atomic E-state index is -0.588. The minimum Gasteiger partial charge on any atom is -0.481 e. The molecule has 1 N–H and O–H groups in total. The molecule has 0 aliphatic heterocycles. The van der Waals surface area contributed by atoms with Gasteiger partial charge in [-0.05, 0) is 62.2 Å². The monoisotopic (exact) mass is 302 g/mol. The normalized spacial score (nSPS) is 41.3. The summed E-state index contributed by atoms with van der Waals surface area (Å²) in [4.78, 5) is 11.9. The fourth-order valence-corrected chi connectivity index (χ4v) is 5.58. The van der Waals surface area contributed by atoms with Crippen LogP contribution < -0.4 is 0 Å². The highest BCUT2D eigenvalue weighted by Gasteiger charge is 2.57. The van der Waals surface area contributed by atoms with E-state index in [4.69, 9.17) is 0 Å². The van der Waals surface area contributed by atoms with E-state index < -0.39 is 11.4 Å². The third-order valence-corrected chi connectivity index (χ3v) is 7.09. The zero-order valence-corrected chi connectivity index (χ0v) is 14.5. The van der Waals surface area contributed by atoms with E-state index in [0.29, 0.717) is 11.8 Å². The summed E-state index contributed by atoms with van der Waals surface area (Å²) in [5, 5.41) is 9.83. The summed E-state index contributed by atoms with van der Waals surface area (Å²) in [6, 6.07) is 0. The zero-order valence-electron chi connectivity index (χ0n) is 14.5. The van der Waals surface area contributed by atoms with E-state index in [2.05, 4.69) is 32.9 Å². The fraction of sp³-hybridized carbons (Fsp3) is 0.750. The smallest absolute Gasteiger partial charge is 0.309 e. The molecule has 0 heterocycles. The number of aliphatic carboxylic acids is 1. The van der Waals surface area contributed by atoms with Crippen LogP contribution in [-0.2, 0) is 4.79 Å². The molecule has 4 atom stereocenters. The van der Waals surface area contributed by atoms with Crippen molar-refractivity contribution in [3.63, 3.8) is 0 Å². The number of carboxylic acids is 1. The lowest BCUT2D eigenvalue weighted by Gasteiger charge is -2.57. The summed E-state index contributed by atoms with van der Waals surface area (Å²) < 4.78 is 0. The largest absolute Gasteiger partial charge is 0.481 e. The van der Waals surface area contributed by atoms with Gasteiger partial charge in [0.1, 0.15) is 0 Å². The molecule has 0 radical (unpaired) electrons. The predicted octanol–water partition coefficient (Wildman–Crippen LogP) is 5.21. The first-order chi connectivity index (χ1) is 10.3. The Labute approximate surface area is 134 Å². The lowest BCUT2D eigenvalue weighted by Crippen LogP contribution is -2.53. The van der Waals surface area contributed by atoms with Crippen LogP contribution in [0.2, 0.25) is 0 Å². The van der Waals surface area contributed by atoms with Gasteiger partial charge in [-0.25, -0.2) is 0 Å². The molecule has 0 aromatic rings. The summed E-state index contributed by atoms with van der Waals surface area (Å²) in [6.45, 7) is 8.93. The van der Waals surface area contributed by atoms with E-state index >= 15 is 0 Å². The first-order valence-electron chi connectivity index (χ1n) is 8.90. The molecular weight excluding hydrogens is 272 g/mol. The van der Waals surface area contributed by atoms with E-state index in [0.717, 1.165) is 32.1 Å². The quantitative estimate of drug-likeness (QED) is 0.711. The number of carboxylic acid groups (broad SMARTS) is 1. The number of hydrogen-bond acceptors (Lipinski definition) is 1. The highest BCUT2D eigenvalue weighted by atomic mass is 16.4. The minimum absolute atomic E-state index is 0.161. The lowest BCUT2D eigenvalue weighted by molar-refractivity contribution is -0.162. The van der Waals surface area contributed by atoms with E-state index in [9.17, 15) is 9.90 Å². The predicted molar refractivity (Wildman–Crippen MR) is 89.5 cm³/mol. The van der Waals surface area contributed by atoms with Gasteiger partial charge in [0.25, 0.3) is 0 Å². The van der Waals surface area contributed by atoms with Gasteiger partial charge in [0, 0.05) is 0 Å². The van der Waals surface area contributed by atoms with Crippen molar-refractivity contribution >= 4 is 5.97 Å². The molecular formula is C20H30O2. The summed E-state index contributed by atoms with van der Waals surface area (Å²) in [7, 11) is 0. The number of allylic oxidation sites excluding steroid dienone is 4. The molecule has 3 aliphatic rings. The summed E-state index contributed by atoms with van der Waals surface area (Å²) in [6.07, 6.45) is 11.1. The van der Waals surface area contributed by atoms with Crippen molar-refractivity contribution in [3.8, 4) is 0 Å². The van der Waals surface area contributed by atoms with E-state index in [1.165, 1.54) is 6.42 Å². The number of fused-ring (bicyclic) bond motifs is 3. The van der Waals surface area contributed by atoms with Crippen LogP contribution in [0.25, 0.3) is 0 Å². The molecule has 1 fully saturated rings. The summed E-state index contributed by atoms with van der Waals surface area (Å²) in [5.41, 5.74) is 2.78. The van der Waals surface area contributed by atoms with Crippen LogP contribution in [0.5, 0.6) is 0 Å². The van der Waals surface area contributed by atoms with Crippen molar-refractivity contribution in [1.82, 2.24) is 0 Å². The maximum Gasteiger partial charge on any atom is 0.309 e. The van der Waals surface area contributed by atoms with Crippen LogP contribution >= 0.6 is 0 Å². The molecule has 0 amide bonds. The van der Waals surface area contributed by atoms with Crippen LogP contribution in [0.3, 0.4) is 0 Å². The second-order valence-electron chi connectivity index (χ2n) is 8.55. The van der Waals surface area contributed by atoms with Gasteiger partial charge < -0.3 is 5.11 Å². The highest BCUT2D eigenvalue weighted by molar-refractivity contribution is 5.75. The first-order valence-corrected chi connectivity index (χ1v) is 8.90. The van der Waals surface area contributed by atoms with Gasteiger partial charge in [-0.3, -0.25) is 4.79 Å². The first kappa shape index (κ1) is 15.8. The van der Waals surface area contributed by atoms with Gasteiger partial charge in [0.05, 0.1) is 5.41 Å². The van der Waals surface area contributed by atoms with Gasteiger partial charge >= 0.3 is 5.97 Å². The second-order valence-corrected chi connectivity index (χ2v) is 8.55. The van der Waals surface area contributed by atoms with Crippen molar-refractivity contribution < 1.29 is 9.90 Å². The zero-order chi connectivity index (χ0) is 16.1. The number of rotatable bonds is 2. The van der Waals surface area contributed by atoms with Crippen molar-refractivity contribution in [1.29, 1.82) is 0 Å². The highest BCUT2D eigenvalue weighted by Crippen LogP contribution is 2.62. The van der Waals surface area contributed by atoms with Crippen LogP contribution in [0, 0.1) is 28.6 Å². The molecule has 3 aliphatic carbocycles.